The summed E-state index contributed by atoms with van der Waals surface area (Å²) in [6.45, 7) is 3.51. The first kappa shape index (κ1) is 13.6. The van der Waals surface area contributed by atoms with Crippen molar-refractivity contribution < 1.29 is 8.42 Å². The highest BCUT2D eigenvalue weighted by Crippen LogP contribution is 2.27. The molecule has 108 valence electrons. The zero-order chi connectivity index (χ0) is 15.0. The maximum atomic E-state index is 12.6. The number of tetrazole rings is 1. The van der Waals surface area contributed by atoms with Crippen LogP contribution in [0.1, 0.15) is 23.4 Å². The molecule has 2 heterocycles. The second-order valence-corrected chi connectivity index (χ2v) is 7.06. The van der Waals surface area contributed by atoms with Gasteiger partial charge in [0.25, 0.3) is 0 Å². The molecule has 0 aliphatic rings. The third-order valence-electron chi connectivity index (χ3n) is 3.33. The largest absolute Gasteiger partial charge is 0.254 e. The summed E-state index contributed by atoms with van der Waals surface area (Å²) in [6, 6.07) is 6.77. The molecular weight excluding hydrogens is 290 g/mol. The molecule has 0 aliphatic carbocycles. The van der Waals surface area contributed by atoms with Crippen LogP contribution in [0.15, 0.2) is 41.6 Å². The van der Waals surface area contributed by atoms with Gasteiger partial charge in [-0.05, 0) is 36.4 Å². The Bertz CT molecular complexity index is 886. The summed E-state index contributed by atoms with van der Waals surface area (Å²) < 4.78 is 26.6. The average molecular weight is 303 g/mol. The fourth-order valence-electron chi connectivity index (χ4n) is 1.97. The number of sulfone groups is 1. The highest BCUT2D eigenvalue weighted by Gasteiger charge is 2.26. The van der Waals surface area contributed by atoms with E-state index in [1.807, 2.05) is 6.92 Å². The third-order valence-corrected chi connectivity index (χ3v) is 5.44. The Morgan fingerprint density at radius 1 is 1.19 bits per heavy atom. The zero-order valence-electron chi connectivity index (χ0n) is 11.5. The Hall–Kier alpha value is -2.35. The Labute approximate surface area is 121 Å². The summed E-state index contributed by atoms with van der Waals surface area (Å²) in [7, 11) is -3.50. The van der Waals surface area contributed by atoms with Crippen molar-refractivity contribution in [3.63, 3.8) is 0 Å². The minimum absolute atomic E-state index is 0.277. The summed E-state index contributed by atoms with van der Waals surface area (Å²) in [6.07, 6.45) is 2.99. The predicted molar refractivity (Wildman–Crippen MR) is 75.4 cm³/mol. The quantitative estimate of drug-likeness (QED) is 0.725. The lowest BCUT2D eigenvalue weighted by atomic mass is 10.2. The smallest absolute Gasteiger partial charge is 0.197 e. The lowest BCUT2D eigenvalue weighted by Crippen LogP contribution is -2.13. The molecular formula is C13H13N5O2S. The Morgan fingerprint density at radius 2 is 1.90 bits per heavy atom. The fourth-order valence-corrected chi connectivity index (χ4v) is 3.33. The molecule has 0 bridgehead atoms. The van der Waals surface area contributed by atoms with Crippen LogP contribution in [0.3, 0.4) is 0 Å². The molecule has 1 aromatic carbocycles. The molecule has 3 rings (SSSR count). The molecule has 0 amide bonds. The van der Waals surface area contributed by atoms with E-state index in [4.69, 9.17) is 0 Å². The zero-order valence-corrected chi connectivity index (χ0v) is 12.3. The number of nitrogens with zero attached hydrogens (tertiary/aromatic N) is 5. The fraction of sp³-hybridized carbons (Fsp3) is 0.231. The van der Waals surface area contributed by atoms with Crippen molar-refractivity contribution in [2.75, 3.05) is 0 Å². The molecule has 21 heavy (non-hydrogen) atoms. The van der Waals surface area contributed by atoms with Gasteiger partial charge in [-0.15, -0.1) is 5.10 Å². The van der Waals surface area contributed by atoms with Crippen molar-refractivity contribution in [1.29, 1.82) is 0 Å². The lowest BCUT2D eigenvalue weighted by molar-refractivity contribution is 0.584. The first-order chi connectivity index (χ1) is 9.98. The number of aromatic nitrogens is 5. The molecule has 0 saturated carbocycles. The van der Waals surface area contributed by atoms with Crippen molar-refractivity contribution in [2.45, 2.75) is 24.0 Å². The molecule has 0 N–H and O–H groups in total. The first-order valence-electron chi connectivity index (χ1n) is 6.33. The maximum absolute atomic E-state index is 12.6. The molecule has 0 saturated heterocycles. The molecule has 1 atom stereocenters. The highest BCUT2D eigenvalue weighted by atomic mass is 32.2. The number of hydrogen-bond acceptors (Lipinski definition) is 6. The molecule has 7 nitrogen and oxygen atoms in total. The van der Waals surface area contributed by atoms with Gasteiger partial charge in [0.2, 0.25) is 0 Å². The van der Waals surface area contributed by atoms with E-state index < -0.39 is 15.1 Å². The van der Waals surface area contributed by atoms with E-state index >= 15 is 0 Å². The van der Waals surface area contributed by atoms with Gasteiger partial charge in [-0.3, -0.25) is 4.98 Å². The number of aryl methyl sites for hydroxylation is 1. The van der Waals surface area contributed by atoms with E-state index in [1.165, 1.54) is 16.9 Å². The topological polar surface area (TPSA) is 90.1 Å². The Morgan fingerprint density at radius 3 is 2.62 bits per heavy atom. The maximum Gasteiger partial charge on any atom is 0.197 e. The van der Waals surface area contributed by atoms with Gasteiger partial charge in [0.1, 0.15) is 5.25 Å². The van der Waals surface area contributed by atoms with E-state index in [2.05, 4.69) is 20.5 Å². The van der Waals surface area contributed by atoms with E-state index in [9.17, 15) is 8.42 Å². The minimum atomic E-state index is -3.50. The molecule has 8 heteroatoms. The predicted octanol–water partition coefficient (Wildman–Crippen LogP) is 1.36. The number of benzene rings is 1. The molecule has 0 unspecified atom stereocenters. The van der Waals surface area contributed by atoms with Crippen LogP contribution in [0.5, 0.6) is 0 Å². The molecule has 2 aromatic heterocycles. The third kappa shape index (κ3) is 2.38. The van der Waals surface area contributed by atoms with Crippen LogP contribution in [0.4, 0.5) is 0 Å². The summed E-state index contributed by atoms with van der Waals surface area (Å²) in [5.74, 6) is 0. The average Bonchev–Trinajstić information content (AvgIpc) is 2.94. The van der Waals surface area contributed by atoms with Crippen molar-refractivity contribution in [1.82, 2.24) is 25.0 Å². The van der Waals surface area contributed by atoms with Gasteiger partial charge in [-0.25, -0.2) is 8.42 Å². The lowest BCUT2D eigenvalue weighted by Gasteiger charge is -2.12. The summed E-state index contributed by atoms with van der Waals surface area (Å²) in [5.41, 5.74) is 1.88. The van der Waals surface area contributed by atoms with Crippen molar-refractivity contribution in [3.05, 3.63) is 47.9 Å². The van der Waals surface area contributed by atoms with E-state index in [1.54, 1.807) is 31.2 Å². The van der Waals surface area contributed by atoms with Gasteiger partial charge in [0.05, 0.1) is 23.0 Å². The normalized spacial score (nSPS) is 13.4. The van der Waals surface area contributed by atoms with Gasteiger partial charge in [0.15, 0.2) is 15.5 Å². The first-order valence-corrected chi connectivity index (χ1v) is 7.87. The van der Waals surface area contributed by atoms with Gasteiger partial charge in [-0.1, -0.05) is 17.7 Å². The van der Waals surface area contributed by atoms with Crippen molar-refractivity contribution in [2.24, 2.45) is 0 Å². The molecule has 0 aliphatic heterocycles. The number of rotatable bonds is 3. The SMILES string of the molecule is Cc1ccc(S(=O)(=O)[C@H](C)c2cn3nnnc3cn2)cc1. The molecule has 0 spiro atoms. The second-order valence-electron chi connectivity index (χ2n) is 4.79. The van der Waals surface area contributed by atoms with Crippen molar-refractivity contribution in [3.8, 4) is 0 Å². The van der Waals surface area contributed by atoms with Crippen LogP contribution in [-0.4, -0.2) is 33.4 Å². The van der Waals surface area contributed by atoms with Crippen LogP contribution in [0.2, 0.25) is 0 Å². The van der Waals surface area contributed by atoms with Crippen LogP contribution in [-0.2, 0) is 9.84 Å². The van der Waals surface area contributed by atoms with Crippen LogP contribution in [0.25, 0.3) is 5.65 Å². The van der Waals surface area contributed by atoms with Gasteiger partial charge in [-0.2, -0.15) is 4.52 Å². The molecule has 0 radical (unpaired) electrons. The summed E-state index contributed by atoms with van der Waals surface area (Å²) in [5, 5.41) is 10.2. The van der Waals surface area contributed by atoms with Crippen LogP contribution < -0.4 is 0 Å². The van der Waals surface area contributed by atoms with Crippen molar-refractivity contribution >= 4 is 15.5 Å². The molecule has 0 fully saturated rings. The van der Waals surface area contributed by atoms with Gasteiger partial charge < -0.3 is 0 Å². The second kappa shape index (κ2) is 4.88. The van der Waals surface area contributed by atoms with Gasteiger partial charge >= 0.3 is 0 Å². The van der Waals surface area contributed by atoms with Crippen LogP contribution in [0, 0.1) is 6.92 Å². The van der Waals surface area contributed by atoms with E-state index in [0.717, 1.165) is 5.56 Å². The van der Waals surface area contributed by atoms with Gasteiger partial charge in [0, 0.05) is 0 Å². The standard InChI is InChI=1S/C13H13N5O2S/c1-9-3-5-11(6-4-9)21(19,20)10(2)12-8-18-13(7-14-12)15-16-17-18/h3-8,10H,1-2H3/t10-/m1/s1. The molecule has 3 aromatic rings. The van der Waals surface area contributed by atoms with E-state index in [-0.39, 0.29) is 4.90 Å². The Balaban J connectivity index is 2.03. The number of hydrogen-bond donors (Lipinski definition) is 0. The monoisotopic (exact) mass is 303 g/mol. The summed E-state index contributed by atoms with van der Waals surface area (Å²) >= 11 is 0. The number of fused-ring (bicyclic) bond motifs is 1. The summed E-state index contributed by atoms with van der Waals surface area (Å²) in [4.78, 5) is 4.42. The highest BCUT2D eigenvalue weighted by molar-refractivity contribution is 7.91. The Kier molecular flexibility index (Phi) is 3.17. The minimum Gasteiger partial charge on any atom is -0.254 e. The van der Waals surface area contributed by atoms with E-state index in [0.29, 0.717) is 11.3 Å². The van der Waals surface area contributed by atoms with Crippen LogP contribution >= 0.6 is 0 Å².